The van der Waals surface area contributed by atoms with Crippen molar-refractivity contribution in [3.05, 3.63) is 53.3 Å². The van der Waals surface area contributed by atoms with E-state index in [1.165, 1.54) is 5.56 Å². The molecule has 0 saturated heterocycles. The van der Waals surface area contributed by atoms with Crippen molar-refractivity contribution in [3.63, 3.8) is 0 Å². The standard InChI is InChI=1S/C17H21N5OS.HI/c1-18-16(19-10-14-12-22-8-9-24-17(22)20-14)21(2)11-13-4-6-15(23-3)7-5-13;/h4-9,12H,10-11H2,1-3H3,(H,18,19);1H. The van der Waals surface area contributed by atoms with Crippen LogP contribution in [0, 0.1) is 0 Å². The van der Waals surface area contributed by atoms with Gasteiger partial charge in [-0.2, -0.15) is 0 Å². The van der Waals surface area contributed by atoms with E-state index in [0.29, 0.717) is 6.54 Å². The van der Waals surface area contributed by atoms with Gasteiger partial charge in [0.15, 0.2) is 10.9 Å². The molecule has 0 saturated carbocycles. The predicted octanol–water partition coefficient (Wildman–Crippen LogP) is 3.23. The molecule has 2 aromatic heterocycles. The molecule has 3 rings (SSSR count). The largest absolute Gasteiger partial charge is 0.497 e. The molecule has 0 spiro atoms. The van der Waals surface area contributed by atoms with Gasteiger partial charge in [-0.15, -0.1) is 35.3 Å². The molecule has 0 unspecified atom stereocenters. The van der Waals surface area contributed by atoms with Crippen LogP contribution in [0.25, 0.3) is 4.96 Å². The van der Waals surface area contributed by atoms with Crippen LogP contribution in [0.4, 0.5) is 0 Å². The Balaban J connectivity index is 0.00000225. The topological polar surface area (TPSA) is 54.2 Å². The first-order valence-corrected chi connectivity index (χ1v) is 8.53. The average molecular weight is 471 g/mol. The van der Waals surface area contributed by atoms with Crippen molar-refractivity contribution in [1.82, 2.24) is 19.6 Å². The Bertz CT molecular complexity index is 799. The Labute approximate surface area is 168 Å². The van der Waals surface area contributed by atoms with Crippen molar-refractivity contribution in [2.75, 3.05) is 21.2 Å². The molecule has 0 aliphatic carbocycles. The first-order valence-electron chi connectivity index (χ1n) is 7.65. The number of methoxy groups -OCH3 is 1. The number of ether oxygens (including phenoxy) is 1. The Kier molecular flexibility index (Phi) is 7.06. The summed E-state index contributed by atoms with van der Waals surface area (Å²) in [6.07, 6.45) is 4.05. The van der Waals surface area contributed by atoms with Gasteiger partial charge in [0.1, 0.15) is 5.75 Å². The maximum absolute atomic E-state index is 5.19. The Morgan fingerprint density at radius 3 is 2.76 bits per heavy atom. The molecule has 0 fully saturated rings. The smallest absolute Gasteiger partial charge is 0.194 e. The van der Waals surface area contributed by atoms with E-state index in [4.69, 9.17) is 4.74 Å². The van der Waals surface area contributed by atoms with Gasteiger partial charge in [0, 0.05) is 38.4 Å². The zero-order valence-corrected chi connectivity index (χ0v) is 17.6. The second kappa shape index (κ2) is 9.04. The molecule has 0 aliphatic rings. The van der Waals surface area contributed by atoms with Crippen LogP contribution < -0.4 is 10.1 Å². The summed E-state index contributed by atoms with van der Waals surface area (Å²) in [6.45, 7) is 1.41. The maximum atomic E-state index is 5.19. The summed E-state index contributed by atoms with van der Waals surface area (Å²) in [5, 5.41) is 5.39. The summed E-state index contributed by atoms with van der Waals surface area (Å²) in [5.74, 6) is 1.70. The molecule has 0 atom stereocenters. The van der Waals surface area contributed by atoms with E-state index in [1.807, 2.05) is 41.4 Å². The molecule has 25 heavy (non-hydrogen) atoms. The summed E-state index contributed by atoms with van der Waals surface area (Å²) in [5.41, 5.74) is 2.20. The number of aromatic nitrogens is 2. The lowest BCUT2D eigenvalue weighted by Crippen LogP contribution is -2.38. The zero-order chi connectivity index (χ0) is 16.9. The molecule has 0 bridgehead atoms. The lowest BCUT2D eigenvalue weighted by molar-refractivity contribution is 0.414. The van der Waals surface area contributed by atoms with Gasteiger partial charge in [-0.25, -0.2) is 4.98 Å². The van der Waals surface area contributed by atoms with E-state index in [2.05, 4.69) is 32.3 Å². The van der Waals surface area contributed by atoms with Crippen LogP contribution >= 0.6 is 35.3 Å². The molecule has 0 aliphatic heterocycles. The minimum atomic E-state index is 0. The number of imidazole rings is 1. The number of thiazole rings is 1. The van der Waals surface area contributed by atoms with E-state index < -0.39 is 0 Å². The number of fused-ring (bicyclic) bond motifs is 1. The Morgan fingerprint density at radius 1 is 1.36 bits per heavy atom. The fourth-order valence-electron chi connectivity index (χ4n) is 2.50. The highest BCUT2D eigenvalue weighted by Gasteiger charge is 2.08. The van der Waals surface area contributed by atoms with Crippen LogP contribution in [0.1, 0.15) is 11.3 Å². The number of nitrogens with zero attached hydrogens (tertiary/aromatic N) is 4. The molecule has 0 radical (unpaired) electrons. The number of nitrogens with one attached hydrogen (secondary N) is 1. The van der Waals surface area contributed by atoms with E-state index >= 15 is 0 Å². The third kappa shape index (κ3) is 4.85. The van der Waals surface area contributed by atoms with E-state index in [0.717, 1.165) is 28.9 Å². The molecule has 134 valence electrons. The van der Waals surface area contributed by atoms with Gasteiger partial charge in [-0.1, -0.05) is 12.1 Å². The molecular formula is C17H22IN5OS. The van der Waals surface area contributed by atoms with Gasteiger partial charge in [0.25, 0.3) is 0 Å². The number of guanidine groups is 1. The fraction of sp³-hybridized carbons (Fsp3) is 0.294. The summed E-state index contributed by atoms with van der Waals surface area (Å²) in [6, 6.07) is 8.06. The van der Waals surface area contributed by atoms with E-state index in [-0.39, 0.29) is 24.0 Å². The van der Waals surface area contributed by atoms with Crippen molar-refractivity contribution in [3.8, 4) is 5.75 Å². The van der Waals surface area contributed by atoms with Crippen molar-refractivity contribution in [2.45, 2.75) is 13.1 Å². The third-order valence-electron chi connectivity index (χ3n) is 3.72. The van der Waals surface area contributed by atoms with Gasteiger partial charge in [0.05, 0.1) is 19.3 Å². The first kappa shape index (κ1) is 19.5. The second-order valence-electron chi connectivity index (χ2n) is 5.43. The molecule has 2 heterocycles. The van der Waals surface area contributed by atoms with Crippen molar-refractivity contribution >= 4 is 46.2 Å². The summed E-state index contributed by atoms with van der Waals surface area (Å²) >= 11 is 1.63. The van der Waals surface area contributed by atoms with Crippen LogP contribution in [0.15, 0.2) is 47.0 Å². The predicted molar refractivity (Wildman–Crippen MR) is 113 cm³/mol. The quantitative estimate of drug-likeness (QED) is 0.353. The van der Waals surface area contributed by atoms with Crippen LogP contribution in [-0.2, 0) is 13.1 Å². The number of hydrogen-bond acceptors (Lipinski definition) is 4. The van der Waals surface area contributed by atoms with Gasteiger partial charge in [0.2, 0.25) is 0 Å². The van der Waals surface area contributed by atoms with Crippen LogP contribution in [0.2, 0.25) is 0 Å². The summed E-state index contributed by atoms with van der Waals surface area (Å²) < 4.78 is 7.22. The number of hydrogen-bond donors (Lipinski definition) is 1. The minimum absolute atomic E-state index is 0. The second-order valence-corrected chi connectivity index (χ2v) is 6.30. The zero-order valence-electron chi connectivity index (χ0n) is 14.5. The third-order valence-corrected chi connectivity index (χ3v) is 4.49. The fourth-order valence-corrected chi connectivity index (χ4v) is 3.21. The van der Waals surface area contributed by atoms with Crippen molar-refractivity contribution < 1.29 is 4.74 Å². The van der Waals surface area contributed by atoms with Gasteiger partial charge >= 0.3 is 0 Å². The number of halogens is 1. The number of benzene rings is 1. The van der Waals surface area contributed by atoms with Gasteiger partial charge < -0.3 is 15.0 Å². The van der Waals surface area contributed by atoms with Crippen LogP contribution in [-0.4, -0.2) is 41.4 Å². The summed E-state index contributed by atoms with van der Waals surface area (Å²) in [4.78, 5) is 12.0. The molecular weight excluding hydrogens is 449 g/mol. The normalized spacial score (nSPS) is 11.2. The molecule has 8 heteroatoms. The van der Waals surface area contributed by atoms with Crippen molar-refractivity contribution in [2.24, 2.45) is 4.99 Å². The molecule has 6 nitrogen and oxygen atoms in total. The monoisotopic (exact) mass is 471 g/mol. The van der Waals surface area contributed by atoms with Gasteiger partial charge in [-0.05, 0) is 17.7 Å². The highest BCUT2D eigenvalue weighted by atomic mass is 127. The number of rotatable bonds is 5. The SMILES string of the molecule is CN=C(NCc1cn2ccsc2n1)N(C)Cc1ccc(OC)cc1.I. The Hall–Kier alpha value is -1.81. The van der Waals surface area contributed by atoms with E-state index in [1.54, 1.807) is 25.5 Å². The number of aliphatic imine (C=N–C) groups is 1. The summed E-state index contributed by atoms with van der Waals surface area (Å²) in [7, 11) is 5.48. The van der Waals surface area contributed by atoms with Crippen LogP contribution in [0.3, 0.4) is 0 Å². The van der Waals surface area contributed by atoms with E-state index in [9.17, 15) is 0 Å². The highest BCUT2D eigenvalue weighted by Crippen LogP contribution is 2.13. The minimum Gasteiger partial charge on any atom is -0.497 e. The molecule has 1 N–H and O–H groups in total. The van der Waals surface area contributed by atoms with Crippen LogP contribution in [0.5, 0.6) is 5.75 Å². The first-order chi connectivity index (χ1) is 11.7. The van der Waals surface area contributed by atoms with Gasteiger partial charge in [-0.3, -0.25) is 9.39 Å². The van der Waals surface area contributed by atoms with Crippen molar-refractivity contribution in [1.29, 1.82) is 0 Å². The Morgan fingerprint density at radius 2 is 2.12 bits per heavy atom. The molecule has 0 amide bonds. The average Bonchev–Trinajstić information content (AvgIpc) is 3.17. The highest BCUT2D eigenvalue weighted by molar-refractivity contribution is 14.0. The lowest BCUT2D eigenvalue weighted by Gasteiger charge is -2.22. The maximum Gasteiger partial charge on any atom is 0.194 e. The molecule has 3 aromatic rings. The lowest BCUT2D eigenvalue weighted by atomic mass is 10.2. The molecule has 1 aromatic carbocycles.